The summed E-state index contributed by atoms with van der Waals surface area (Å²) in [5.74, 6) is 0.253. The first-order chi connectivity index (χ1) is 6.16. The van der Waals surface area contributed by atoms with E-state index in [4.69, 9.17) is 0 Å². The van der Waals surface area contributed by atoms with Gasteiger partial charge in [-0.1, -0.05) is 6.42 Å². The maximum absolute atomic E-state index is 10.5. The van der Waals surface area contributed by atoms with Gasteiger partial charge < -0.3 is 4.74 Å². The number of esters is 1. The fourth-order valence-electron chi connectivity index (χ4n) is 1.15. The lowest BCUT2D eigenvalue weighted by Crippen LogP contribution is -2.02. The summed E-state index contributed by atoms with van der Waals surface area (Å²) >= 11 is 0. The van der Waals surface area contributed by atoms with Crippen LogP contribution in [-0.4, -0.2) is 18.4 Å². The smallest absolute Gasteiger partial charge is 0.302 e. The molecule has 76 valence electrons. The van der Waals surface area contributed by atoms with Crippen LogP contribution in [0.1, 0.15) is 46.0 Å². The number of Topliss-reactive ketones (excluding diaryl/α,β-unsaturated/α-hetero) is 1. The minimum Gasteiger partial charge on any atom is -0.466 e. The van der Waals surface area contributed by atoms with Gasteiger partial charge in [-0.3, -0.25) is 9.59 Å². The quantitative estimate of drug-likeness (QED) is 0.589. The zero-order chi connectivity index (χ0) is 10.1. The fraction of sp³-hybridized carbons (Fsp3) is 0.800. The van der Waals surface area contributed by atoms with Crippen LogP contribution in [0.25, 0.3) is 0 Å². The molecule has 1 fully saturated rings. The molecule has 1 aliphatic carbocycles. The molecule has 0 atom stereocenters. The summed E-state index contributed by atoms with van der Waals surface area (Å²) in [5, 5.41) is 0. The Kier molecular flexibility index (Phi) is 7.26. The van der Waals surface area contributed by atoms with Crippen molar-refractivity contribution in [2.75, 3.05) is 6.61 Å². The molecule has 0 aliphatic heterocycles. The van der Waals surface area contributed by atoms with Gasteiger partial charge in [-0.25, -0.2) is 0 Å². The zero-order valence-electron chi connectivity index (χ0n) is 8.47. The molecule has 0 amide bonds. The Morgan fingerprint density at radius 1 is 1.31 bits per heavy atom. The van der Waals surface area contributed by atoms with Crippen LogP contribution >= 0.6 is 0 Å². The van der Waals surface area contributed by atoms with Crippen LogP contribution in [-0.2, 0) is 14.3 Å². The van der Waals surface area contributed by atoms with Crippen molar-refractivity contribution in [3.05, 3.63) is 0 Å². The highest BCUT2D eigenvalue weighted by Gasteiger charge is 2.05. The van der Waals surface area contributed by atoms with Gasteiger partial charge in [0.1, 0.15) is 5.78 Å². The zero-order valence-corrected chi connectivity index (χ0v) is 8.47. The van der Waals surface area contributed by atoms with Crippen molar-refractivity contribution in [1.82, 2.24) is 0 Å². The van der Waals surface area contributed by atoms with Crippen molar-refractivity contribution in [2.24, 2.45) is 0 Å². The van der Waals surface area contributed by atoms with E-state index in [9.17, 15) is 9.59 Å². The Hall–Kier alpha value is -0.860. The molecule has 0 aromatic carbocycles. The second-order valence-electron chi connectivity index (χ2n) is 3.02. The number of hydrogen-bond acceptors (Lipinski definition) is 3. The lowest BCUT2D eigenvalue weighted by Gasteiger charge is -2.05. The number of carbonyl (C=O) groups excluding carboxylic acids is 2. The molecule has 1 aliphatic rings. The third-order valence-corrected chi connectivity index (χ3v) is 1.76. The third-order valence-electron chi connectivity index (χ3n) is 1.76. The molecule has 0 heterocycles. The van der Waals surface area contributed by atoms with E-state index in [2.05, 4.69) is 4.74 Å². The van der Waals surface area contributed by atoms with Crippen molar-refractivity contribution in [3.63, 3.8) is 0 Å². The highest BCUT2D eigenvalue weighted by Crippen LogP contribution is 2.12. The summed E-state index contributed by atoms with van der Waals surface area (Å²) in [7, 11) is 0. The highest BCUT2D eigenvalue weighted by molar-refractivity contribution is 5.78. The molecule has 13 heavy (non-hydrogen) atoms. The molecule has 0 bridgehead atoms. The van der Waals surface area contributed by atoms with E-state index in [1.807, 2.05) is 0 Å². The van der Waals surface area contributed by atoms with Crippen molar-refractivity contribution in [3.8, 4) is 0 Å². The molecule has 3 heteroatoms. The predicted octanol–water partition coefficient (Wildman–Crippen LogP) is 2.09. The topological polar surface area (TPSA) is 43.4 Å². The van der Waals surface area contributed by atoms with Gasteiger partial charge in [-0.2, -0.15) is 0 Å². The monoisotopic (exact) mass is 186 g/mol. The normalized spacial score (nSPS) is 15.7. The number of rotatable bonds is 1. The lowest BCUT2D eigenvalue weighted by molar-refractivity contribution is -0.140. The summed E-state index contributed by atoms with van der Waals surface area (Å²) in [6.45, 7) is 3.65. The molecule has 0 aromatic heterocycles. The first-order valence-corrected chi connectivity index (χ1v) is 4.82. The van der Waals surface area contributed by atoms with E-state index in [0.29, 0.717) is 12.4 Å². The van der Waals surface area contributed by atoms with Crippen molar-refractivity contribution in [1.29, 1.82) is 0 Å². The Morgan fingerprint density at radius 3 is 2.00 bits per heavy atom. The van der Waals surface area contributed by atoms with Crippen LogP contribution in [0.15, 0.2) is 0 Å². The molecule has 0 unspecified atom stereocenters. The second kappa shape index (κ2) is 7.77. The van der Waals surface area contributed by atoms with Gasteiger partial charge in [0.15, 0.2) is 0 Å². The molecular formula is C10H18O3. The van der Waals surface area contributed by atoms with Gasteiger partial charge in [0.2, 0.25) is 0 Å². The average Bonchev–Trinajstić information content (AvgIpc) is 2.06. The van der Waals surface area contributed by atoms with Gasteiger partial charge >= 0.3 is 5.97 Å². The minimum absolute atomic E-state index is 0.211. The molecule has 0 N–H and O–H groups in total. The van der Waals surface area contributed by atoms with E-state index >= 15 is 0 Å². The first kappa shape index (κ1) is 12.1. The summed E-state index contributed by atoms with van der Waals surface area (Å²) in [6, 6.07) is 0. The Labute approximate surface area is 79.5 Å². The van der Waals surface area contributed by atoms with Crippen LogP contribution < -0.4 is 0 Å². The molecule has 0 aromatic rings. The largest absolute Gasteiger partial charge is 0.466 e. The van der Waals surface area contributed by atoms with E-state index in [-0.39, 0.29) is 5.97 Å². The maximum Gasteiger partial charge on any atom is 0.302 e. The van der Waals surface area contributed by atoms with Crippen molar-refractivity contribution < 1.29 is 14.3 Å². The van der Waals surface area contributed by atoms with Gasteiger partial charge in [0, 0.05) is 19.8 Å². The summed E-state index contributed by atoms with van der Waals surface area (Å²) in [4.78, 5) is 20.3. The van der Waals surface area contributed by atoms with Gasteiger partial charge in [0.25, 0.3) is 0 Å². The Bertz CT molecular complexity index is 156. The van der Waals surface area contributed by atoms with Gasteiger partial charge in [0.05, 0.1) is 6.61 Å². The summed E-state index contributed by atoms with van der Waals surface area (Å²) in [6.07, 6.45) is 5.24. The standard InChI is InChI=1S/C6H10O.C4H8O2/c7-6-4-2-1-3-5-6;1-3-6-4(2)5/h1-5H2;3H2,1-2H3. The predicted molar refractivity (Wildman–Crippen MR) is 50.4 cm³/mol. The maximum atomic E-state index is 10.5. The molecule has 0 radical (unpaired) electrons. The van der Waals surface area contributed by atoms with Crippen molar-refractivity contribution >= 4 is 11.8 Å². The molecule has 0 spiro atoms. The molecular weight excluding hydrogens is 168 g/mol. The molecule has 1 rings (SSSR count). The van der Waals surface area contributed by atoms with E-state index in [1.165, 1.54) is 13.3 Å². The van der Waals surface area contributed by atoms with Crippen LogP contribution in [0.5, 0.6) is 0 Å². The third kappa shape index (κ3) is 9.05. The SMILES string of the molecule is CCOC(C)=O.O=C1CCCCC1. The van der Waals surface area contributed by atoms with Gasteiger partial charge in [-0.05, 0) is 19.8 Å². The average molecular weight is 186 g/mol. The Morgan fingerprint density at radius 2 is 1.85 bits per heavy atom. The Balaban J connectivity index is 0.000000226. The fourth-order valence-corrected chi connectivity index (χ4v) is 1.15. The summed E-state index contributed by atoms with van der Waals surface area (Å²) in [5.41, 5.74) is 0. The number of carbonyl (C=O) groups is 2. The van der Waals surface area contributed by atoms with Crippen LogP contribution in [0.4, 0.5) is 0 Å². The molecule has 3 nitrogen and oxygen atoms in total. The number of hydrogen-bond donors (Lipinski definition) is 0. The molecule has 0 saturated heterocycles. The lowest BCUT2D eigenvalue weighted by atomic mass is 10.00. The van der Waals surface area contributed by atoms with Crippen LogP contribution in [0.3, 0.4) is 0 Å². The molecule has 1 saturated carbocycles. The first-order valence-electron chi connectivity index (χ1n) is 4.82. The van der Waals surface area contributed by atoms with Crippen LogP contribution in [0, 0.1) is 0 Å². The van der Waals surface area contributed by atoms with Gasteiger partial charge in [-0.15, -0.1) is 0 Å². The van der Waals surface area contributed by atoms with E-state index in [0.717, 1.165) is 25.7 Å². The number of ether oxygens (including phenoxy) is 1. The highest BCUT2D eigenvalue weighted by atomic mass is 16.5. The minimum atomic E-state index is -0.211. The van der Waals surface area contributed by atoms with Crippen molar-refractivity contribution in [2.45, 2.75) is 46.0 Å². The second-order valence-corrected chi connectivity index (χ2v) is 3.02. The van der Waals surface area contributed by atoms with E-state index in [1.54, 1.807) is 6.92 Å². The number of ketones is 1. The van der Waals surface area contributed by atoms with E-state index < -0.39 is 0 Å². The summed E-state index contributed by atoms with van der Waals surface area (Å²) < 4.78 is 4.40. The van der Waals surface area contributed by atoms with Crippen LogP contribution in [0.2, 0.25) is 0 Å².